The maximum absolute atomic E-state index is 13.7. The molecule has 2 aromatic rings. The van der Waals surface area contributed by atoms with Gasteiger partial charge in [0.25, 0.3) is 5.91 Å². The van der Waals surface area contributed by atoms with E-state index in [4.69, 9.17) is 0 Å². The zero-order chi connectivity index (χ0) is 13.8. The number of aromatic nitrogens is 1. The Bertz CT molecular complexity index is 584. The van der Waals surface area contributed by atoms with Gasteiger partial charge >= 0.3 is 0 Å². The molecule has 1 aromatic heterocycles. The van der Waals surface area contributed by atoms with Crippen molar-refractivity contribution in [1.82, 2.24) is 9.88 Å². The van der Waals surface area contributed by atoms with Crippen LogP contribution in [-0.2, 0) is 6.54 Å². The number of nitrogens with zero attached hydrogens (tertiary/aromatic N) is 2. The Morgan fingerprint density at radius 3 is 2.74 bits per heavy atom. The number of carbonyl (C=O) groups is 1. The van der Waals surface area contributed by atoms with Crippen LogP contribution < -0.4 is 0 Å². The normalized spacial score (nSPS) is 10.3. The van der Waals surface area contributed by atoms with Crippen LogP contribution in [0.3, 0.4) is 0 Å². The van der Waals surface area contributed by atoms with Gasteiger partial charge in [-0.3, -0.25) is 9.78 Å². The number of amides is 1. The SMILES string of the molecule is Cc1ccc(C(=O)N(C)Cc2ccccn2)c(F)c1. The third-order valence-corrected chi connectivity index (χ3v) is 2.83. The summed E-state index contributed by atoms with van der Waals surface area (Å²) in [5.74, 6) is -0.832. The molecular weight excluding hydrogens is 243 g/mol. The summed E-state index contributed by atoms with van der Waals surface area (Å²) in [5, 5.41) is 0. The summed E-state index contributed by atoms with van der Waals surface area (Å²) in [6.07, 6.45) is 1.67. The van der Waals surface area contributed by atoms with Crippen LogP contribution in [0.4, 0.5) is 4.39 Å². The van der Waals surface area contributed by atoms with Crippen molar-refractivity contribution in [1.29, 1.82) is 0 Å². The summed E-state index contributed by atoms with van der Waals surface area (Å²) >= 11 is 0. The van der Waals surface area contributed by atoms with Crippen molar-refractivity contribution in [3.05, 3.63) is 65.2 Å². The Kier molecular flexibility index (Phi) is 3.90. The van der Waals surface area contributed by atoms with E-state index in [1.54, 1.807) is 26.2 Å². The third kappa shape index (κ3) is 3.16. The van der Waals surface area contributed by atoms with E-state index in [1.165, 1.54) is 17.0 Å². The van der Waals surface area contributed by atoms with Crippen LogP contribution in [0, 0.1) is 12.7 Å². The van der Waals surface area contributed by atoms with Crippen LogP contribution in [0.15, 0.2) is 42.6 Å². The van der Waals surface area contributed by atoms with Crippen LogP contribution in [0.1, 0.15) is 21.6 Å². The van der Waals surface area contributed by atoms with E-state index in [2.05, 4.69) is 4.98 Å². The van der Waals surface area contributed by atoms with Gasteiger partial charge in [-0.1, -0.05) is 12.1 Å². The number of rotatable bonds is 3. The summed E-state index contributed by atoms with van der Waals surface area (Å²) in [4.78, 5) is 17.7. The molecular formula is C15H15FN2O. The van der Waals surface area contributed by atoms with Crippen molar-refractivity contribution in [2.75, 3.05) is 7.05 Å². The van der Waals surface area contributed by atoms with Gasteiger partial charge in [0.2, 0.25) is 0 Å². The molecule has 1 heterocycles. The molecule has 0 N–H and O–H groups in total. The topological polar surface area (TPSA) is 33.2 Å². The Morgan fingerprint density at radius 1 is 1.32 bits per heavy atom. The first-order valence-electron chi connectivity index (χ1n) is 5.99. The van der Waals surface area contributed by atoms with Gasteiger partial charge < -0.3 is 4.90 Å². The molecule has 1 aromatic carbocycles. The van der Waals surface area contributed by atoms with E-state index in [9.17, 15) is 9.18 Å². The predicted octanol–water partition coefficient (Wildman–Crippen LogP) is 2.80. The van der Waals surface area contributed by atoms with Crippen LogP contribution in [0.25, 0.3) is 0 Å². The maximum Gasteiger partial charge on any atom is 0.256 e. The van der Waals surface area contributed by atoms with Crippen LogP contribution >= 0.6 is 0 Å². The van der Waals surface area contributed by atoms with Crippen molar-refractivity contribution in [2.24, 2.45) is 0 Å². The molecule has 0 saturated carbocycles. The lowest BCUT2D eigenvalue weighted by atomic mass is 10.1. The molecule has 0 aliphatic carbocycles. The van der Waals surface area contributed by atoms with Crippen molar-refractivity contribution >= 4 is 5.91 Å². The fourth-order valence-electron chi connectivity index (χ4n) is 1.81. The highest BCUT2D eigenvalue weighted by molar-refractivity contribution is 5.94. The highest BCUT2D eigenvalue weighted by Gasteiger charge is 2.16. The van der Waals surface area contributed by atoms with Crippen molar-refractivity contribution in [3.8, 4) is 0 Å². The number of halogens is 1. The highest BCUT2D eigenvalue weighted by atomic mass is 19.1. The number of benzene rings is 1. The van der Waals surface area contributed by atoms with E-state index < -0.39 is 5.82 Å². The Balaban J connectivity index is 2.15. The molecule has 0 aliphatic heterocycles. The number of aryl methyl sites for hydroxylation is 1. The van der Waals surface area contributed by atoms with Gasteiger partial charge in [-0.05, 0) is 36.8 Å². The standard InChI is InChI=1S/C15H15FN2O/c1-11-6-7-13(14(16)9-11)15(19)18(2)10-12-5-3-4-8-17-12/h3-9H,10H2,1-2H3. The molecule has 0 aliphatic rings. The molecule has 0 spiro atoms. The van der Waals surface area contributed by atoms with Crippen molar-refractivity contribution < 1.29 is 9.18 Å². The zero-order valence-electron chi connectivity index (χ0n) is 10.9. The van der Waals surface area contributed by atoms with Crippen LogP contribution in [0.5, 0.6) is 0 Å². The lowest BCUT2D eigenvalue weighted by molar-refractivity contribution is 0.0778. The Hall–Kier alpha value is -2.23. The highest BCUT2D eigenvalue weighted by Crippen LogP contribution is 2.13. The van der Waals surface area contributed by atoms with Crippen molar-refractivity contribution in [2.45, 2.75) is 13.5 Å². The second-order valence-corrected chi connectivity index (χ2v) is 4.47. The zero-order valence-corrected chi connectivity index (χ0v) is 10.9. The van der Waals surface area contributed by atoms with Crippen LogP contribution in [-0.4, -0.2) is 22.8 Å². The Morgan fingerprint density at radius 2 is 2.11 bits per heavy atom. The van der Waals surface area contributed by atoms with Gasteiger partial charge in [0.05, 0.1) is 17.8 Å². The van der Waals surface area contributed by atoms with Gasteiger partial charge in [0.1, 0.15) is 5.82 Å². The minimum atomic E-state index is -0.488. The van der Waals surface area contributed by atoms with E-state index in [-0.39, 0.29) is 11.5 Å². The van der Waals surface area contributed by atoms with E-state index >= 15 is 0 Å². The molecule has 1 amide bonds. The van der Waals surface area contributed by atoms with Gasteiger partial charge in [0, 0.05) is 13.2 Å². The van der Waals surface area contributed by atoms with E-state index in [0.29, 0.717) is 6.54 Å². The molecule has 0 unspecified atom stereocenters. The van der Waals surface area contributed by atoms with Gasteiger partial charge in [-0.15, -0.1) is 0 Å². The molecule has 0 radical (unpaired) electrons. The summed E-state index contributed by atoms with van der Waals surface area (Å²) in [6.45, 7) is 2.14. The van der Waals surface area contributed by atoms with E-state index in [0.717, 1.165) is 11.3 Å². The fraction of sp³-hybridized carbons (Fsp3) is 0.200. The number of pyridine rings is 1. The summed E-state index contributed by atoms with van der Waals surface area (Å²) in [7, 11) is 1.64. The van der Waals surface area contributed by atoms with Gasteiger partial charge in [0.15, 0.2) is 0 Å². The molecule has 3 nitrogen and oxygen atoms in total. The molecule has 0 bridgehead atoms. The van der Waals surface area contributed by atoms with E-state index in [1.807, 2.05) is 18.2 Å². The summed E-state index contributed by atoms with van der Waals surface area (Å²) in [6, 6.07) is 10.1. The van der Waals surface area contributed by atoms with Crippen molar-refractivity contribution in [3.63, 3.8) is 0 Å². The number of carbonyl (C=O) groups excluding carboxylic acids is 1. The molecule has 4 heteroatoms. The minimum Gasteiger partial charge on any atom is -0.336 e. The first-order valence-corrected chi connectivity index (χ1v) is 5.99. The lowest BCUT2D eigenvalue weighted by Crippen LogP contribution is -2.27. The Labute approximate surface area is 111 Å². The largest absolute Gasteiger partial charge is 0.336 e. The average molecular weight is 258 g/mol. The first-order chi connectivity index (χ1) is 9.08. The third-order valence-electron chi connectivity index (χ3n) is 2.83. The predicted molar refractivity (Wildman–Crippen MR) is 71.2 cm³/mol. The van der Waals surface area contributed by atoms with Gasteiger partial charge in [-0.25, -0.2) is 4.39 Å². The second-order valence-electron chi connectivity index (χ2n) is 4.47. The molecule has 2 rings (SSSR count). The summed E-state index contributed by atoms with van der Waals surface area (Å²) in [5.41, 5.74) is 1.65. The monoisotopic (exact) mass is 258 g/mol. The molecule has 0 saturated heterocycles. The summed E-state index contributed by atoms with van der Waals surface area (Å²) < 4.78 is 13.7. The molecule has 98 valence electrons. The number of hydrogen-bond donors (Lipinski definition) is 0. The molecule has 0 fully saturated rings. The van der Waals surface area contributed by atoms with Gasteiger partial charge in [-0.2, -0.15) is 0 Å². The first kappa shape index (κ1) is 13.2. The number of hydrogen-bond acceptors (Lipinski definition) is 2. The lowest BCUT2D eigenvalue weighted by Gasteiger charge is -2.17. The van der Waals surface area contributed by atoms with Crippen LogP contribution in [0.2, 0.25) is 0 Å². The minimum absolute atomic E-state index is 0.0871. The molecule has 19 heavy (non-hydrogen) atoms. The average Bonchev–Trinajstić information content (AvgIpc) is 2.39. The maximum atomic E-state index is 13.7. The quantitative estimate of drug-likeness (QED) is 0.848. The fourth-order valence-corrected chi connectivity index (χ4v) is 1.81. The molecule has 0 atom stereocenters. The second kappa shape index (κ2) is 5.61. The smallest absolute Gasteiger partial charge is 0.256 e.